The number of fused-ring (bicyclic) bond motifs is 6. The van der Waals surface area contributed by atoms with E-state index in [1.807, 2.05) is 9.13 Å². The quantitative estimate of drug-likeness (QED) is 0.495. The number of hydrogen-bond donors (Lipinski definition) is 0. The van der Waals surface area contributed by atoms with Crippen LogP contribution in [0.2, 0.25) is 20.6 Å². The zero-order valence-electron chi connectivity index (χ0n) is 18.7. The van der Waals surface area contributed by atoms with E-state index in [1.54, 1.807) is 0 Å². The van der Waals surface area contributed by atoms with Crippen molar-refractivity contribution in [2.24, 2.45) is 11.8 Å². The Hall–Kier alpha value is -0.900. The molecule has 0 amide bonds. The van der Waals surface area contributed by atoms with Crippen LogP contribution >= 0.6 is 46.4 Å². The number of halogens is 4. The fourth-order valence-corrected chi connectivity index (χ4v) is 7.70. The van der Waals surface area contributed by atoms with E-state index in [0.717, 1.165) is 26.2 Å². The zero-order valence-corrected chi connectivity index (χ0v) is 21.7. The van der Waals surface area contributed by atoms with Crippen molar-refractivity contribution in [1.82, 2.24) is 28.9 Å². The summed E-state index contributed by atoms with van der Waals surface area (Å²) >= 11 is 24.1. The van der Waals surface area contributed by atoms with Gasteiger partial charge in [-0.25, -0.2) is 0 Å². The first kappa shape index (κ1) is 22.3. The van der Waals surface area contributed by atoms with Crippen molar-refractivity contribution in [3.63, 3.8) is 0 Å². The topological polar surface area (TPSA) is 60.6 Å². The highest BCUT2D eigenvalue weighted by Gasteiger charge is 2.54. The minimum atomic E-state index is -0.104. The molecule has 10 rings (SSSR count). The van der Waals surface area contributed by atoms with Gasteiger partial charge in [0, 0.05) is 24.9 Å². The molecule has 2 atom stereocenters. The van der Waals surface area contributed by atoms with E-state index < -0.39 is 0 Å². The Kier molecular flexibility index (Phi) is 5.12. The van der Waals surface area contributed by atoms with E-state index in [-0.39, 0.29) is 11.2 Å². The second-order valence-corrected chi connectivity index (χ2v) is 12.0. The van der Waals surface area contributed by atoms with Crippen LogP contribution in [0.5, 0.6) is 12.0 Å². The summed E-state index contributed by atoms with van der Waals surface area (Å²) in [5.41, 5.74) is -0.208. The number of imidazole rings is 2. The summed E-state index contributed by atoms with van der Waals surface area (Å²) in [6, 6.07) is 1.18. The van der Waals surface area contributed by atoms with Crippen molar-refractivity contribution < 1.29 is 9.47 Å². The van der Waals surface area contributed by atoms with Crippen LogP contribution < -0.4 is 9.47 Å². The molecular formula is C22H26Cl4N6O2. The fraction of sp³-hybridized carbons (Fsp3) is 0.727. The van der Waals surface area contributed by atoms with Crippen molar-refractivity contribution in [3.05, 3.63) is 20.6 Å². The molecule has 8 aliphatic rings. The highest BCUT2D eigenvalue weighted by Crippen LogP contribution is 2.47. The maximum atomic E-state index is 6.13. The van der Waals surface area contributed by atoms with Crippen LogP contribution in [0, 0.1) is 11.8 Å². The molecular weight excluding hydrogens is 522 g/mol. The number of hydrogen-bond acceptors (Lipinski definition) is 6. The van der Waals surface area contributed by atoms with Crippen LogP contribution in [0.1, 0.15) is 25.7 Å². The van der Waals surface area contributed by atoms with Crippen LogP contribution in [0.15, 0.2) is 0 Å². The molecule has 0 unspecified atom stereocenters. The fourth-order valence-electron chi connectivity index (χ4n) is 7.00. The van der Waals surface area contributed by atoms with Crippen LogP contribution in [0.4, 0.5) is 0 Å². The van der Waals surface area contributed by atoms with Crippen molar-refractivity contribution in [1.29, 1.82) is 0 Å². The molecule has 0 aliphatic carbocycles. The van der Waals surface area contributed by atoms with Crippen LogP contribution in [-0.2, 0) is 13.1 Å². The molecule has 6 fully saturated rings. The number of piperidine rings is 6. The third kappa shape index (κ3) is 3.25. The third-order valence-electron chi connectivity index (χ3n) is 8.75. The second-order valence-electron chi connectivity index (χ2n) is 10.6. The lowest BCUT2D eigenvalue weighted by molar-refractivity contribution is -0.0835. The molecule has 0 N–H and O–H groups in total. The third-order valence-corrected chi connectivity index (χ3v) is 10.2. The molecule has 6 saturated heterocycles. The summed E-state index contributed by atoms with van der Waals surface area (Å²) in [7, 11) is 0. The number of rotatable bonds is 0. The van der Waals surface area contributed by atoms with Gasteiger partial charge in [0.05, 0.1) is 13.1 Å². The van der Waals surface area contributed by atoms with E-state index in [9.17, 15) is 0 Å². The minimum Gasteiger partial charge on any atom is -0.454 e. The smallest absolute Gasteiger partial charge is 0.299 e. The summed E-state index contributed by atoms with van der Waals surface area (Å²) in [6.45, 7) is 8.38. The Balaban J connectivity index is 0.000000118. The minimum absolute atomic E-state index is 0.104. The van der Waals surface area contributed by atoms with Gasteiger partial charge in [-0.3, -0.25) is 18.9 Å². The maximum Gasteiger partial charge on any atom is 0.299 e. The molecule has 12 heteroatoms. The highest BCUT2D eigenvalue weighted by atomic mass is 35.5. The molecule has 34 heavy (non-hydrogen) atoms. The standard InChI is InChI=1S/2C11H13Cl2N3O/c2*12-8-9(13)16-6-11(17-10(16)14-8)5-15-3-1-7(11)2-4-15/h2*7H,1-6H2/t2*11-/m10/s1. The first-order valence-corrected chi connectivity index (χ1v) is 13.5. The SMILES string of the molecule is Clc1nc2n(c1Cl)C[C@@]1(CN3CCC1CC3)O2.Clc1nc2n(c1Cl)C[C@]1(CN3CCC1CC3)O2. The molecule has 2 aromatic heterocycles. The number of ether oxygens (including phenoxy) is 2. The van der Waals surface area contributed by atoms with E-state index in [4.69, 9.17) is 55.9 Å². The lowest BCUT2D eigenvalue weighted by Crippen LogP contribution is -2.61. The van der Waals surface area contributed by atoms with Gasteiger partial charge in [0.2, 0.25) is 0 Å². The average Bonchev–Trinajstić information content (AvgIpc) is 3.51. The normalized spacial score (nSPS) is 38.5. The van der Waals surface area contributed by atoms with Crippen molar-refractivity contribution >= 4 is 46.4 Å². The van der Waals surface area contributed by atoms with Gasteiger partial charge in [0.25, 0.3) is 12.0 Å². The van der Waals surface area contributed by atoms with Gasteiger partial charge in [-0.2, -0.15) is 9.97 Å². The largest absolute Gasteiger partial charge is 0.454 e. The van der Waals surface area contributed by atoms with Crippen LogP contribution in [0.25, 0.3) is 0 Å². The van der Waals surface area contributed by atoms with Gasteiger partial charge in [0.1, 0.15) is 11.2 Å². The van der Waals surface area contributed by atoms with E-state index in [2.05, 4.69) is 19.8 Å². The Morgan fingerprint density at radius 1 is 0.618 bits per heavy atom. The lowest BCUT2D eigenvalue weighted by Gasteiger charge is -2.50. The van der Waals surface area contributed by atoms with Crippen molar-refractivity contribution in [3.8, 4) is 12.0 Å². The van der Waals surface area contributed by atoms with Crippen molar-refractivity contribution in [2.75, 3.05) is 39.3 Å². The molecule has 2 spiro atoms. The first-order chi connectivity index (χ1) is 16.4. The van der Waals surface area contributed by atoms with Gasteiger partial charge < -0.3 is 9.47 Å². The lowest BCUT2D eigenvalue weighted by atomic mass is 9.75. The second kappa shape index (κ2) is 7.80. The van der Waals surface area contributed by atoms with Crippen LogP contribution in [-0.4, -0.2) is 79.4 Å². The summed E-state index contributed by atoms with van der Waals surface area (Å²) < 4.78 is 16.0. The van der Waals surface area contributed by atoms with Gasteiger partial charge in [-0.15, -0.1) is 0 Å². The molecule has 184 valence electrons. The first-order valence-electron chi connectivity index (χ1n) is 12.0. The summed E-state index contributed by atoms with van der Waals surface area (Å²) in [4.78, 5) is 13.3. The monoisotopic (exact) mass is 546 g/mol. The van der Waals surface area contributed by atoms with Crippen LogP contribution in [0.3, 0.4) is 0 Å². The molecule has 0 radical (unpaired) electrons. The molecule has 0 aromatic carbocycles. The van der Waals surface area contributed by atoms with E-state index in [0.29, 0.717) is 44.5 Å². The van der Waals surface area contributed by atoms with E-state index >= 15 is 0 Å². The average molecular weight is 548 g/mol. The van der Waals surface area contributed by atoms with Gasteiger partial charge in [-0.05, 0) is 51.9 Å². The summed E-state index contributed by atoms with van der Waals surface area (Å²) in [5, 5.41) is 1.71. The van der Waals surface area contributed by atoms with Gasteiger partial charge >= 0.3 is 0 Å². The molecule has 8 nitrogen and oxygen atoms in total. The van der Waals surface area contributed by atoms with E-state index in [1.165, 1.54) is 51.9 Å². The Bertz CT molecular complexity index is 1050. The summed E-state index contributed by atoms with van der Waals surface area (Å²) in [5.74, 6) is 1.26. The molecule has 2 aromatic rings. The highest BCUT2D eigenvalue weighted by molar-refractivity contribution is 6.41. The number of aromatic nitrogens is 4. The number of nitrogens with zero attached hydrogens (tertiary/aromatic N) is 6. The molecule has 8 aliphatic heterocycles. The Morgan fingerprint density at radius 2 is 1.00 bits per heavy atom. The molecule has 4 bridgehead atoms. The zero-order chi connectivity index (χ0) is 23.2. The van der Waals surface area contributed by atoms with Gasteiger partial charge in [0.15, 0.2) is 20.6 Å². The molecule has 0 saturated carbocycles. The Morgan fingerprint density at radius 3 is 1.29 bits per heavy atom. The predicted octanol–water partition coefficient (Wildman–Crippen LogP) is 4.09. The summed E-state index contributed by atoms with van der Waals surface area (Å²) in [6.07, 6.45) is 4.87. The predicted molar refractivity (Wildman–Crippen MR) is 130 cm³/mol. The maximum absolute atomic E-state index is 6.13. The van der Waals surface area contributed by atoms with Crippen molar-refractivity contribution in [2.45, 2.75) is 50.0 Å². The van der Waals surface area contributed by atoms with Gasteiger partial charge in [-0.1, -0.05) is 46.4 Å². The Labute approximate surface area is 218 Å². The molecule has 10 heterocycles.